The van der Waals surface area contributed by atoms with Gasteiger partial charge in [0.25, 0.3) is 0 Å². The van der Waals surface area contributed by atoms with Gasteiger partial charge in [-0.05, 0) is 56.8 Å². The molecule has 24 heavy (non-hydrogen) atoms. The van der Waals surface area contributed by atoms with Gasteiger partial charge in [-0.2, -0.15) is 0 Å². The number of hydrogen-bond donors (Lipinski definition) is 2. The van der Waals surface area contributed by atoms with Crippen LogP contribution >= 0.6 is 0 Å². The monoisotopic (exact) mass is 338 g/mol. The first kappa shape index (κ1) is 22.0. The molecule has 0 aliphatic heterocycles. The Morgan fingerprint density at radius 2 is 1.29 bits per heavy atom. The zero-order chi connectivity index (χ0) is 18.1. The van der Waals surface area contributed by atoms with Gasteiger partial charge in [0, 0.05) is 18.2 Å². The van der Waals surface area contributed by atoms with Gasteiger partial charge in [-0.1, -0.05) is 66.7 Å². The summed E-state index contributed by atoms with van der Waals surface area (Å²) in [4.78, 5) is 0. The smallest absolute Gasteiger partial charge is 0.0460 e. The highest BCUT2D eigenvalue weighted by molar-refractivity contribution is 4.83. The van der Waals surface area contributed by atoms with Gasteiger partial charge in [0.2, 0.25) is 0 Å². The summed E-state index contributed by atoms with van der Waals surface area (Å²) in [6.45, 7) is 15.2. The molecule has 0 amide bonds. The van der Waals surface area contributed by atoms with E-state index in [9.17, 15) is 0 Å². The molecule has 0 heterocycles. The van der Waals surface area contributed by atoms with E-state index in [0.29, 0.717) is 17.0 Å². The number of rotatable bonds is 9. The second-order valence-electron chi connectivity index (χ2n) is 8.80. The molecule has 1 fully saturated rings. The Morgan fingerprint density at radius 3 is 1.88 bits per heavy atom. The molecule has 2 N–H and O–H groups in total. The Bertz CT molecular complexity index is 318. The van der Waals surface area contributed by atoms with Crippen molar-refractivity contribution in [3.05, 3.63) is 0 Å². The Hall–Kier alpha value is -0.0800. The highest BCUT2D eigenvalue weighted by Gasteiger charge is 2.30. The lowest BCUT2D eigenvalue weighted by Gasteiger charge is -2.36. The summed E-state index contributed by atoms with van der Waals surface area (Å²) in [5, 5.41) is 7.55. The number of nitrogens with one attached hydrogen (secondary N) is 2. The third-order valence-corrected chi connectivity index (χ3v) is 7.53. The average Bonchev–Trinajstić information content (AvgIpc) is 2.73. The van der Waals surface area contributed by atoms with Crippen LogP contribution in [0.25, 0.3) is 0 Å². The van der Waals surface area contributed by atoms with Crippen molar-refractivity contribution < 1.29 is 0 Å². The molecule has 0 spiro atoms. The first-order chi connectivity index (χ1) is 11.4. The van der Waals surface area contributed by atoms with Crippen molar-refractivity contribution in [1.29, 1.82) is 0 Å². The van der Waals surface area contributed by atoms with Crippen LogP contribution in [0.2, 0.25) is 0 Å². The van der Waals surface area contributed by atoms with Crippen LogP contribution in [0.1, 0.15) is 112 Å². The Morgan fingerprint density at radius 1 is 0.750 bits per heavy atom. The van der Waals surface area contributed by atoms with Crippen LogP contribution in [-0.4, -0.2) is 18.2 Å². The molecular formula is C22H46N2. The molecule has 1 unspecified atom stereocenters. The average molecular weight is 339 g/mol. The van der Waals surface area contributed by atoms with E-state index in [1.54, 1.807) is 0 Å². The van der Waals surface area contributed by atoms with Gasteiger partial charge >= 0.3 is 0 Å². The largest absolute Gasteiger partial charge is 0.302 e. The molecule has 144 valence electrons. The third kappa shape index (κ3) is 6.67. The molecule has 0 aromatic heterocycles. The van der Waals surface area contributed by atoms with Gasteiger partial charge in [-0.3, -0.25) is 5.32 Å². The van der Waals surface area contributed by atoms with Crippen LogP contribution in [0.3, 0.4) is 0 Å². The molecule has 2 atom stereocenters. The van der Waals surface area contributed by atoms with Crippen LogP contribution in [-0.2, 0) is 0 Å². The zero-order valence-electron chi connectivity index (χ0n) is 17.6. The summed E-state index contributed by atoms with van der Waals surface area (Å²) in [7, 11) is 0. The second kappa shape index (κ2) is 10.8. The molecule has 1 aliphatic rings. The maximum absolute atomic E-state index is 3.81. The lowest BCUT2D eigenvalue weighted by atomic mass is 9.69. The summed E-state index contributed by atoms with van der Waals surface area (Å²) in [6, 6.07) is 0.712. The van der Waals surface area contributed by atoms with E-state index in [-0.39, 0.29) is 0 Å². The van der Waals surface area contributed by atoms with E-state index in [4.69, 9.17) is 0 Å². The fourth-order valence-electron chi connectivity index (χ4n) is 4.32. The molecule has 0 aromatic rings. The van der Waals surface area contributed by atoms with Crippen molar-refractivity contribution >= 4 is 0 Å². The Balaban J connectivity index is 2.45. The van der Waals surface area contributed by atoms with Gasteiger partial charge in [0.05, 0.1) is 0 Å². The molecule has 0 bridgehead atoms. The van der Waals surface area contributed by atoms with Gasteiger partial charge in [0.15, 0.2) is 0 Å². The maximum atomic E-state index is 3.81. The van der Waals surface area contributed by atoms with E-state index < -0.39 is 0 Å². The van der Waals surface area contributed by atoms with Crippen LogP contribution < -0.4 is 10.6 Å². The fourth-order valence-corrected chi connectivity index (χ4v) is 4.32. The van der Waals surface area contributed by atoms with Crippen LogP contribution in [0.5, 0.6) is 0 Å². The first-order valence-electron chi connectivity index (χ1n) is 10.9. The van der Waals surface area contributed by atoms with Gasteiger partial charge in [-0.15, -0.1) is 0 Å². The second-order valence-corrected chi connectivity index (χ2v) is 8.80. The van der Waals surface area contributed by atoms with Gasteiger partial charge in [0.1, 0.15) is 0 Å². The standard InChI is InChI=1S/C22H46N2/c1-7-21(5,8-2)19-14-11-12-16-20(17-13-15-19)23-18-24-22(6,9-3)10-4/h19-20,23-24H,7-18H2,1-6H3/t19?,20-/m0/s1. The molecule has 0 aromatic carbocycles. The summed E-state index contributed by atoms with van der Waals surface area (Å²) < 4.78 is 0. The summed E-state index contributed by atoms with van der Waals surface area (Å²) in [5.41, 5.74) is 0.861. The normalized spacial score (nSPS) is 24.2. The van der Waals surface area contributed by atoms with Crippen molar-refractivity contribution in [3.8, 4) is 0 Å². The molecule has 2 heteroatoms. The van der Waals surface area contributed by atoms with Crippen molar-refractivity contribution in [2.24, 2.45) is 11.3 Å². The predicted octanol–water partition coefficient (Wildman–Crippen LogP) is 6.26. The van der Waals surface area contributed by atoms with Crippen LogP contribution in [0.4, 0.5) is 0 Å². The summed E-state index contributed by atoms with van der Waals surface area (Å²) in [5.74, 6) is 0.938. The molecule has 0 radical (unpaired) electrons. The van der Waals surface area contributed by atoms with Gasteiger partial charge < -0.3 is 5.32 Å². The maximum Gasteiger partial charge on any atom is 0.0460 e. The minimum absolute atomic E-state index is 0.292. The molecule has 1 aliphatic carbocycles. The van der Waals surface area contributed by atoms with E-state index in [1.165, 1.54) is 70.6 Å². The van der Waals surface area contributed by atoms with Crippen molar-refractivity contribution in [1.82, 2.24) is 10.6 Å². The molecule has 0 saturated heterocycles. The van der Waals surface area contributed by atoms with E-state index in [1.807, 2.05) is 0 Å². The predicted molar refractivity (Wildman–Crippen MR) is 108 cm³/mol. The minimum atomic E-state index is 0.292. The topological polar surface area (TPSA) is 24.1 Å². The number of hydrogen-bond acceptors (Lipinski definition) is 2. The van der Waals surface area contributed by atoms with Gasteiger partial charge in [-0.25, -0.2) is 0 Å². The first-order valence-corrected chi connectivity index (χ1v) is 10.9. The summed E-state index contributed by atoms with van der Waals surface area (Å²) >= 11 is 0. The zero-order valence-corrected chi connectivity index (χ0v) is 17.6. The van der Waals surface area contributed by atoms with Crippen molar-refractivity contribution in [3.63, 3.8) is 0 Å². The quantitative estimate of drug-likeness (QED) is 0.485. The minimum Gasteiger partial charge on any atom is -0.302 e. The van der Waals surface area contributed by atoms with E-state index in [2.05, 4.69) is 52.2 Å². The fraction of sp³-hybridized carbons (Fsp3) is 1.00. The van der Waals surface area contributed by atoms with Crippen LogP contribution in [0.15, 0.2) is 0 Å². The third-order valence-electron chi connectivity index (χ3n) is 7.53. The van der Waals surface area contributed by atoms with E-state index >= 15 is 0 Å². The molecule has 1 saturated carbocycles. The van der Waals surface area contributed by atoms with E-state index in [0.717, 1.165) is 12.6 Å². The SMILES string of the molecule is CCC(C)(CC)NCN[C@H]1CCCCC(C(C)(CC)CC)CCC1. The molecule has 1 rings (SSSR count). The Kier molecular flexibility index (Phi) is 9.89. The van der Waals surface area contributed by atoms with Crippen molar-refractivity contribution in [2.75, 3.05) is 6.67 Å². The molecule has 2 nitrogen and oxygen atoms in total. The molecular weight excluding hydrogens is 292 g/mol. The highest BCUT2D eigenvalue weighted by Crippen LogP contribution is 2.41. The summed E-state index contributed by atoms with van der Waals surface area (Å²) in [6.07, 6.45) is 14.9. The Labute approximate surface area is 152 Å². The van der Waals surface area contributed by atoms with Crippen LogP contribution in [0, 0.1) is 11.3 Å². The lowest BCUT2D eigenvalue weighted by Crippen LogP contribution is -2.48. The van der Waals surface area contributed by atoms with Crippen molar-refractivity contribution in [2.45, 2.75) is 124 Å². The highest BCUT2D eigenvalue weighted by atomic mass is 15.1. The lowest BCUT2D eigenvalue weighted by molar-refractivity contribution is 0.143.